The van der Waals surface area contributed by atoms with Crippen molar-refractivity contribution in [3.63, 3.8) is 0 Å². The molecule has 128 valence electrons. The van der Waals surface area contributed by atoms with Gasteiger partial charge in [0.05, 0.1) is 46.5 Å². The molecular weight excluding hydrogens is 363 g/mol. The number of phenolic OH excluding ortho intramolecular Hbond substituents is 1. The van der Waals surface area contributed by atoms with Gasteiger partial charge in [-0.15, -0.1) is 0 Å². The highest BCUT2D eigenvalue weighted by Crippen LogP contribution is 2.27. The van der Waals surface area contributed by atoms with Gasteiger partial charge < -0.3 is 14.6 Å². The lowest BCUT2D eigenvalue weighted by Crippen LogP contribution is -2.15. The Morgan fingerprint density at radius 2 is 1.68 bits per heavy atom. The molecule has 1 saturated heterocycles. The van der Waals surface area contributed by atoms with Crippen molar-refractivity contribution in [3.05, 3.63) is 57.6 Å². The number of phenols is 1. The molecule has 2 aromatic carbocycles. The van der Waals surface area contributed by atoms with Crippen LogP contribution in [0.1, 0.15) is 17.5 Å². The second-order valence-corrected chi connectivity index (χ2v) is 5.95. The molecule has 2 aromatic rings. The van der Waals surface area contributed by atoms with Crippen LogP contribution in [0, 0.1) is 22.7 Å². The van der Waals surface area contributed by atoms with Crippen molar-refractivity contribution >= 4 is 23.2 Å². The summed E-state index contributed by atoms with van der Waals surface area (Å²) in [6.07, 6.45) is 0.964. The van der Waals surface area contributed by atoms with Crippen LogP contribution in [0.3, 0.4) is 0 Å². The van der Waals surface area contributed by atoms with E-state index in [0.29, 0.717) is 28.5 Å². The van der Waals surface area contributed by atoms with Gasteiger partial charge in [0, 0.05) is 6.42 Å². The first kappa shape index (κ1) is 18.9. The number of ether oxygens (including phenoxy) is 2. The Balaban J connectivity index is 0.000000196. The van der Waals surface area contributed by atoms with E-state index < -0.39 is 0 Å². The average molecular weight is 377 g/mol. The quantitative estimate of drug-likeness (QED) is 0.844. The average Bonchev–Trinajstić information content (AvgIpc) is 3.13. The van der Waals surface area contributed by atoms with Gasteiger partial charge in [-0.05, 0) is 36.4 Å². The van der Waals surface area contributed by atoms with Crippen molar-refractivity contribution in [2.45, 2.75) is 12.5 Å². The summed E-state index contributed by atoms with van der Waals surface area (Å²) in [4.78, 5) is 0. The van der Waals surface area contributed by atoms with Gasteiger partial charge in [-0.1, -0.05) is 23.2 Å². The molecule has 1 N–H and O–H groups in total. The summed E-state index contributed by atoms with van der Waals surface area (Å²) in [6.45, 7) is 1.34. The number of nitrogens with zero attached hydrogens (tertiary/aromatic N) is 2. The van der Waals surface area contributed by atoms with Gasteiger partial charge in [0.15, 0.2) is 0 Å². The van der Waals surface area contributed by atoms with Crippen LogP contribution in [0.4, 0.5) is 0 Å². The Morgan fingerprint density at radius 3 is 2.20 bits per heavy atom. The molecule has 0 saturated carbocycles. The molecule has 0 bridgehead atoms. The molecule has 0 aromatic heterocycles. The lowest BCUT2D eigenvalue weighted by atomic mass is 10.2. The van der Waals surface area contributed by atoms with Crippen molar-refractivity contribution < 1.29 is 14.6 Å². The van der Waals surface area contributed by atoms with E-state index in [2.05, 4.69) is 0 Å². The van der Waals surface area contributed by atoms with E-state index in [9.17, 15) is 0 Å². The summed E-state index contributed by atoms with van der Waals surface area (Å²) in [7, 11) is 0. The fourth-order valence-corrected chi connectivity index (χ4v) is 2.43. The first-order chi connectivity index (χ1) is 12.0. The zero-order valence-electron chi connectivity index (χ0n) is 13.1. The lowest BCUT2D eigenvalue weighted by Gasteiger charge is -2.12. The molecule has 0 spiro atoms. The van der Waals surface area contributed by atoms with Gasteiger partial charge in [0.25, 0.3) is 0 Å². The molecule has 1 fully saturated rings. The highest BCUT2D eigenvalue weighted by Gasteiger charge is 2.18. The second-order valence-electron chi connectivity index (χ2n) is 5.14. The lowest BCUT2D eigenvalue weighted by molar-refractivity contribution is 0.141. The van der Waals surface area contributed by atoms with Crippen LogP contribution in [-0.4, -0.2) is 24.4 Å². The predicted molar refractivity (Wildman–Crippen MR) is 93.9 cm³/mol. The van der Waals surface area contributed by atoms with Crippen molar-refractivity contribution in [1.29, 1.82) is 10.5 Å². The highest BCUT2D eigenvalue weighted by molar-refractivity contribution is 6.32. The third-order valence-electron chi connectivity index (χ3n) is 3.32. The Morgan fingerprint density at radius 1 is 1.04 bits per heavy atom. The molecule has 0 unspecified atom stereocenters. The standard InChI is InChI=1S/C11H10ClNO2.C7H4ClNO/c12-10-5-8(6-13)1-2-11(10)15-9-3-4-14-7-9;8-6-3-5(4-9)1-2-7(6)10/h1-2,5,9H,3-4,7H2;1-3,10H/t9-;/m0./s1. The van der Waals surface area contributed by atoms with Crippen molar-refractivity contribution in [2.75, 3.05) is 13.2 Å². The minimum Gasteiger partial charge on any atom is -0.506 e. The van der Waals surface area contributed by atoms with Crippen molar-refractivity contribution in [2.24, 2.45) is 0 Å². The van der Waals surface area contributed by atoms with E-state index in [4.69, 9.17) is 48.3 Å². The molecule has 7 heteroatoms. The third-order valence-corrected chi connectivity index (χ3v) is 3.92. The van der Waals surface area contributed by atoms with Gasteiger partial charge in [-0.3, -0.25) is 0 Å². The minimum absolute atomic E-state index is 0.000617. The molecular formula is C18H14Cl2N2O3. The van der Waals surface area contributed by atoms with E-state index in [1.807, 2.05) is 12.1 Å². The summed E-state index contributed by atoms with van der Waals surface area (Å²) in [5.74, 6) is 0.617. The summed E-state index contributed by atoms with van der Waals surface area (Å²) in [5.41, 5.74) is 0.984. The van der Waals surface area contributed by atoms with Crippen LogP contribution >= 0.6 is 23.2 Å². The number of benzene rings is 2. The van der Waals surface area contributed by atoms with E-state index in [0.717, 1.165) is 13.0 Å². The van der Waals surface area contributed by atoms with Crippen LogP contribution < -0.4 is 4.74 Å². The Labute approximate surface area is 155 Å². The first-order valence-electron chi connectivity index (χ1n) is 7.36. The molecule has 3 rings (SSSR count). The monoisotopic (exact) mass is 376 g/mol. The fourth-order valence-electron chi connectivity index (χ4n) is 2.03. The van der Waals surface area contributed by atoms with Crippen molar-refractivity contribution in [1.82, 2.24) is 0 Å². The summed E-state index contributed by atoms with van der Waals surface area (Å²) >= 11 is 11.5. The Kier molecular flexibility index (Phi) is 6.91. The zero-order chi connectivity index (χ0) is 18.2. The number of aromatic hydroxyl groups is 1. The van der Waals surface area contributed by atoms with Gasteiger partial charge in [0.1, 0.15) is 17.6 Å². The maximum atomic E-state index is 8.90. The number of nitriles is 2. The zero-order valence-corrected chi connectivity index (χ0v) is 14.6. The molecule has 1 atom stereocenters. The predicted octanol–water partition coefficient (Wildman–Crippen LogP) is 4.30. The van der Waals surface area contributed by atoms with Gasteiger partial charge in [-0.2, -0.15) is 10.5 Å². The number of hydrogen-bond acceptors (Lipinski definition) is 5. The number of hydrogen-bond donors (Lipinski definition) is 1. The molecule has 25 heavy (non-hydrogen) atoms. The normalized spacial score (nSPS) is 15.4. The number of rotatable bonds is 2. The fraction of sp³-hybridized carbons (Fsp3) is 0.222. The summed E-state index contributed by atoms with van der Waals surface area (Å²) in [5, 5.41) is 26.6. The topological polar surface area (TPSA) is 86.3 Å². The molecule has 0 radical (unpaired) electrons. The second kappa shape index (κ2) is 9.15. The Hall–Kier alpha value is -2.44. The molecule has 0 amide bonds. The van der Waals surface area contributed by atoms with Crippen LogP contribution in [0.15, 0.2) is 36.4 Å². The molecule has 1 heterocycles. The minimum atomic E-state index is 0.000617. The van der Waals surface area contributed by atoms with E-state index in [1.165, 1.54) is 18.2 Å². The van der Waals surface area contributed by atoms with Crippen LogP contribution in [0.25, 0.3) is 0 Å². The van der Waals surface area contributed by atoms with Gasteiger partial charge in [-0.25, -0.2) is 0 Å². The summed E-state index contributed by atoms with van der Waals surface area (Å²) in [6, 6.07) is 13.2. The third kappa shape index (κ3) is 5.55. The van der Waals surface area contributed by atoms with E-state index in [1.54, 1.807) is 18.2 Å². The molecule has 1 aliphatic heterocycles. The van der Waals surface area contributed by atoms with Crippen molar-refractivity contribution in [3.8, 4) is 23.6 Å². The van der Waals surface area contributed by atoms with Crippen LogP contribution in [-0.2, 0) is 4.74 Å². The summed E-state index contributed by atoms with van der Waals surface area (Å²) < 4.78 is 10.8. The van der Waals surface area contributed by atoms with Crippen LogP contribution in [0.5, 0.6) is 11.5 Å². The molecule has 1 aliphatic rings. The SMILES string of the molecule is N#Cc1ccc(O)c(Cl)c1.N#Cc1ccc(O[C@H]2CCOC2)c(Cl)c1. The van der Waals surface area contributed by atoms with Gasteiger partial charge >= 0.3 is 0 Å². The van der Waals surface area contributed by atoms with E-state index in [-0.39, 0.29) is 16.9 Å². The maximum Gasteiger partial charge on any atom is 0.138 e. The first-order valence-corrected chi connectivity index (χ1v) is 8.11. The highest BCUT2D eigenvalue weighted by atomic mass is 35.5. The molecule has 0 aliphatic carbocycles. The van der Waals surface area contributed by atoms with E-state index >= 15 is 0 Å². The van der Waals surface area contributed by atoms with Gasteiger partial charge in [0.2, 0.25) is 0 Å². The smallest absolute Gasteiger partial charge is 0.138 e. The maximum absolute atomic E-state index is 8.90. The molecule has 5 nitrogen and oxygen atoms in total. The van der Waals surface area contributed by atoms with Crippen LogP contribution in [0.2, 0.25) is 10.0 Å². The number of halogens is 2. The Bertz CT molecular complexity index is 822. The largest absolute Gasteiger partial charge is 0.506 e.